The van der Waals surface area contributed by atoms with E-state index in [4.69, 9.17) is 4.74 Å². The first-order valence-electron chi connectivity index (χ1n) is 10.5. The second-order valence-electron chi connectivity index (χ2n) is 7.80. The minimum absolute atomic E-state index is 0.228. The number of ether oxygens (including phenoxy) is 1. The van der Waals surface area contributed by atoms with Gasteiger partial charge < -0.3 is 4.74 Å². The van der Waals surface area contributed by atoms with E-state index in [1.165, 1.54) is 16.7 Å². The number of hydrogen-bond acceptors (Lipinski definition) is 4. The average molecular weight is 444 g/mol. The van der Waals surface area contributed by atoms with Crippen molar-refractivity contribution < 1.29 is 14.3 Å². The Morgan fingerprint density at radius 2 is 1.59 bits per heavy atom. The van der Waals surface area contributed by atoms with Crippen molar-refractivity contribution in [2.24, 2.45) is 0 Å². The van der Waals surface area contributed by atoms with E-state index < -0.39 is 0 Å². The fraction of sp³-hybridized carbons (Fsp3) is 0.185. The van der Waals surface area contributed by atoms with Gasteiger partial charge in [0.1, 0.15) is 5.75 Å². The van der Waals surface area contributed by atoms with Crippen molar-refractivity contribution in [3.8, 4) is 5.75 Å². The van der Waals surface area contributed by atoms with Crippen LogP contribution in [0.3, 0.4) is 0 Å². The van der Waals surface area contributed by atoms with Gasteiger partial charge in [0, 0.05) is 11.4 Å². The lowest BCUT2D eigenvalue weighted by atomic mass is 9.99. The molecule has 162 valence electrons. The zero-order chi connectivity index (χ0) is 22.7. The molecule has 4 nitrogen and oxygen atoms in total. The SMILES string of the molecule is COc1ccc(CCN2C(=O)C(Sc3ccccc3)=C(c3ccc(C)cc3C)C2=O)cc1. The molecule has 5 heteroatoms. The van der Waals surface area contributed by atoms with Gasteiger partial charge in [-0.3, -0.25) is 14.5 Å². The highest BCUT2D eigenvalue weighted by Crippen LogP contribution is 2.40. The van der Waals surface area contributed by atoms with Crippen molar-refractivity contribution in [2.75, 3.05) is 13.7 Å². The Balaban J connectivity index is 1.65. The average Bonchev–Trinajstić information content (AvgIpc) is 3.02. The van der Waals surface area contributed by atoms with E-state index >= 15 is 0 Å². The molecule has 0 N–H and O–H groups in total. The summed E-state index contributed by atoms with van der Waals surface area (Å²) in [6, 6.07) is 23.4. The van der Waals surface area contributed by atoms with Crippen LogP contribution in [0.5, 0.6) is 5.75 Å². The highest BCUT2D eigenvalue weighted by molar-refractivity contribution is 8.04. The van der Waals surface area contributed by atoms with Gasteiger partial charge in [0.2, 0.25) is 0 Å². The molecule has 0 atom stereocenters. The first-order chi connectivity index (χ1) is 15.5. The van der Waals surface area contributed by atoms with Crippen LogP contribution in [-0.4, -0.2) is 30.4 Å². The Kier molecular flexibility index (Phi) is 6.47. The Morgan fingerprint density at radius 1 is 0.875 bits per heavy atom. The fourth-order valence-corrected chi connectivity index (χ4v) is 4.85. The largest absolute Gasteiger partial charge is 0.497 e. The summed E-state index contributed by atoms with van der Waals surface area (Å²) in [6.45, 7) is 4.34. The van der Waals surface area contributed by atoms with Gasteiger partial charge in [-0.05, 0) is 61.2 Å². The summed E-state index contributed by atoms with van der Waals surface area (Å²) in [5, 5.41) is 0. The normalized spacial score (nSPS) is 13.8. The minimum Gasteiger partial charge on any atom is -0.497 e. The number of aryl methyl sites for hydroxylation is 2. The van der Waals surface area contributed by atoms with Crippen molar-refractivity contribution in [3.05, 3.63) is 100.0 Å². The number of hydrogen-bond donors (Lipinski definition) is 0. The Hall–Kier alpha value is -3.31. The number of rotatable bonds is 7. The van der Waals surface area contributed by atoms with E-state index in [0.717, 1.165) is 32.9 Å². The molecule has 4 rings (SSSR count). The van der Waals surface area contributed by atoms with Crippen LogP contribution in [0.1, 0.15) is 22.3 Å². The highest BCUT2D eigenvalue weighted by Gasteiger charge is 2.39. The molecule has 0 saturated heterocycles. The highest BCUT2D eigenvalue weighted by atomic mass is 32.2. The lowest BCUT2D eigenvalue weighted by Gasteiger charge is -2.15. The second kappa shape index (κ2) is 9.45. The molecule has 1 heterocycles. The van der Waals surface area contributed by atoms with Gasteiger partial charge in [-0.2, -0.15) is 0 Å². The van der Waals surface area contributed by atoms with E-state index in [9.17, 15) is 9.59 Å². The molecule has 0 bridgehead atoms. The Bertz CT molecular complexity index is 1180. The lowest BCUT2D eigenvalue weighted by molar-refractivity contribution is -0.136. The van der Waals surface area contributed by atoms with Crippen LogP contribution in [0.4, 0.5) is 0 Å². The van der Waals surface area contributed by atoms with Crippen LogP contribution in [0.25, 0.3) is 5.57 Å². The first kappa shape index (κ1) is 21.9. The quantitative estimate of drug-likeness (QED) is 0.457. The number of methoxy groups -OCH3 is 1. The van der Waals surface area contributed by atoms with E-state index in [-0.39, 0.29) is 11.8 Å². The summed E-state index contributed by atoms with van der Waals surface area (Å²) in [6.07, 6.45) is 0.588. The Morgan fingerprint density at radius 3 is 2.25 bits per heavy atom. The third kappa shape index (κ3) is 4.48. The maximum atomic E-state index is 13.5. The molecule has 0 spiro atoms. The number of carbonyl (C=O) groups excluding carboxylic acids is 2. The fourth-order valence-electron chi connectivity index (χ4n) is 3.82. The van der Waals surface area contributed by atoms with Crippen LogP contribution in [0.15, 0.2) is 82.6 Å². The standard InChI is InChI=1S/C27H25NO3S/c1-18-9-14-23(19(2)17-18)24-25(32-22-7-5-4-6-8-22)27(30)28(26(24)29)16-15-20-10-12-21(31-3)13-11-20/h4-14,17H,15-16H2,1-3H3. The molecular formula is C27H25NO3S. The third-order valence-corrected chi connectivity index (χ3v) is 6.61. The molecule has 0 radical (unpaired) electrons. The predicted molar refractivity (Wildman–Crippen MR) is 129 cm³/mol. The molecule has 1 aliphatic heterocycles. The zero-order valence-corrected chi connectivity index (χ0v) is 19.2. The van der Waals surface area contributed by atoms with Gasteiger partial charge in [-0.15, -0.1) is 0 Å². The number of nitrogens with zero attached hydrogens (tertiary/aromatic N) is 1. The molecule has 0 aliphatic carbocycles. The molecular weight excluding hydrogens is 418 g/mol. The monoisotopic (exact) mass is 443 g/mol. The summed E-state index contributed by atoms with van der Waals surface area (Å²) in [5.41, 5.74) is 4.47. The van der Waals surface area contributed by atoms with Gasteiger partial charge in [0.15, 0.2) is 0 Å². The molecule has 3 aromatic rings. The minimum atomic E-state index is -0.229. The topological polar surface area (TPSA) is 46.6 Å². The molecule has 3 aromatic carbocycles. The van der Waals surface area contributed by atoms with Crippen LogP contribution in [0.2, 0.25) is 0 Å². The second-order valence-corrected chi connectivity index (χ2v) is 8.88. The van der Waals surface area contributed by atoms with Crippen molar-refractivity contribution in [2.45, 2.75) is 25.2 Å². The zero-order valence-electron chi connectivity index (χ0n) is 18.4. The van der Waals surface area contributed by atoms with Gasteiger partial charge in [-0.25, -0.2) is 0 Å². The van der Waals surface area contributed by atoms with E-state index in [1.54, 1.807) is 7.11 Å². The van der Waals surface area contributed by atoms with Gasteiger partial charge >= 0.3 is 0 Å². The van der Waals surface area contributed by atoms with E-state index in [0.29, 0.717) is 23.4 Å². The third-order valence-electron chi connectivity index (χ3n) is 5.52. The molecule has 0 fully saturated rings. The maximum Gasteiger partial charge on any atom is 0.268 e. The van der Waals surface area contributed by atoms with Crippen LogP contribution < -0.4 is 4.74 Å². The van der Waals surface area contributed by atoms with Crippen LogP contribution in [-0.2, 0) is 16.0 Å². The molecule has 0 aromatic heterocycles. The first-order valence-corrected chi connectivity index (χ1v) is 11.3. The van der Waals surface area contributed by atoms with Crippen LogP contribution in [0, 0.1) is 13.8 Å². The predicted octanol–water partition coefficient (Wildman–Crippen LogP) is 5.43. The van der Waals surface area contributed by atoms with Crippen molar-refractivity contribution in [1.82, 2.24) is 4.90 Å². The van der Waals surface area contributed by atoms with Gasteiger partial charge in [0.25, 0.3) is 11.8 Å². The number of amides is 2. The van der Waals surface area contributed by atoms with Crippen LogP contribution >= 0.6 is 11.8 Å². The molecule has 0 saturated carbocycles. The number of imide groups is 1. The van der Waals surface area contributed by atoms with Crippen molar-refractivity contribution >= 4 is 29.1 Å². The summed E-state index contributed by atoms with van der Waals surface area (Å²) in [7, 11) is 1.63. The lowest BCUT2D eigenvalue weighted by Crippen LogP contribution is -2.33. The number of thioether (sulfide) groups is 1. The summed E-state index contributed by atoms with van der Waals surface area (Å²) >= 11 is 1.36. The van der Waals surface area contributed by atoms with E-state index in [1.807, 2.05) is 86.6 Å². The smallest absolute Gasteiger partial charge is 0.268 e. The summed E-state index contributed by atoms with van der Waals surface area (Å²) < 4.78 is 5.21. The number of carbonyl (C=O) groups is 2. The molecule has 32 heavy (non-hydrogen) atoms. The molecule has 1 aliphatic rings. The van der Waals surface area contributed by atoms with Crippen molar-refractivity contribution in [3.63, 3.8) is 0 Å². The molecule has 0 unspecified atom stereocenters. The van der Waals surface area contributed by atoms with Gasteiger partial charge in [-0.1, -0.05) is 65.9 Å². The number of benzene rings is 3. The van der Waals surface area contributed by atoms with Crippen molar-refractivity contribution in [1.29, 1.82) is 0 Å². The molecule has 2 amide bonds. The van der Waals surface area contributed by atoms with Gasteiger partial charge in [0.05, 0.1) is 17.6 Å². The Labute approximate surface area is 192 Å². The van der Waals surface area contributed by atoms with E-state index in [2.05, 4.69) is 0 Å². The maximum absolute atomic E-state index is 13.5. The summed E-state index contributed by atoms with van der Waals surface area (Å²) in [4.78, 5) is 29.7. The summed E-state index contributed by atoms with van der Waals surface area (Å²) in [5.74, 6) is 0.323.